The SMILES string of the molecule is O=C(Cc1cccs1)NC1C(=O)N2C=CC(C(=O)O)S[C@H]12. The molecule has 0 radical (unpaired) electrons. The first-order chi connectivity index (χ1) is 10.1. The fourth-order valence-electron chi connectivity index (χ4n) is 2.22. The van der Waals surface area contributed by atoms with E-state index in [1.165, 1.54) is 28.5 Å². The molecule has 2 N–H and O–H groups in total. The summed E-state index contributed by atoms with van der Waals surface area (Å²) in [6.45, 7) is 0. The molecule has 1 fully saturated rings. The van der Waals surface area contributed by atoms with Gasteiger partial charge in [0.1, 0.15) is 16.7 Å². The molecule has 110 valence electrons. The molecule has 8 heteroatoms. The van der Waals surface area contributed by atoms with Gasteiger partial charge in [-0.15, -0.1) is 23.1 Å². The van der Waals surface area contributed by atoms with Crippen LogP contribution < -0.4 is 5.32 Å². The van der Waals surface area contributed by atoms with E-state index in [4.69, 9.17) is 5.11 Å². The third kappa shape index (κ3) is 2.68. The number of fused-ring (bicyclic) bond motifs is 1. The van der Waals surface area contributed by atoms with E-state index < -0.39 is 17.3 Å². The average Bonchev–Trinajstić information content (AvgIpc) is 2.96. The Kier molecular flexibility index (Phi) is 3.73. The van der Waals surface area contributed by atoms with Crippen molar-refractivity contribution in [3.63, 3.8) is 0 Å². The van der Waals surface area contributed by atoms with Crippen molar-refractivity contribution in [2.75, 3.05) is 0 Å². The van der Waals surface area contributed by atoms with Gasteiger partial charge in [-0.25, -0.2) is 0 Å². The molecule has 2 unspecified atom stereocenters. The number of aliphatic carboxylic acids is 1. The normalized spacial score (nSPS) is 27.0. The van der Waals surface area contributed by atoms with Crippen LogP contribution >= 0.6 is 23.1 Å². The van der Waals surface area contributed by atoms with Crippen LogP contribution in [0.1, 0.15) is 4.88 Å². The van der Waals surface area contributed by atoms with Crippen LogP contribution in [-0.4, -0.2) is 44.5 Å². The molecule has 3 heterocycles. The van der Waals surface area contributed by atoms with Gasteiger partial charge in [0.15, 0.2) is 0 Å². The summed E-state index contributed by atoms with van der Waals surface area (Å²) in [4.78, 5) is 37.2. The zero-order valence-corrected chi connectivity index (χ0v) is 12.4. The Morgan fingerprint density at radius 3 is 2.90 bits per heavy atom. The highest BCUT2D eigenvalue weighted by molar-refractivity contribution is 8.01. The first-order valence-corrected chi connectivity index (χ1v) is 8.09. The fraction of sp³-hybridized carbons (Fsp3) is 0.308. The number of β-lactam (4-membered cyclic amide) rings is 1. The lowest BCUT2D eigenvalue weighted by atomic mass is 10.1. The molecule has 1 saturated heterocycles. The van der Waals surface area contributed by atoms with Crippen molar-refractivity contribution in [1.29, 1.82) is 0 Å². The third-order valence-electron chi connectivity index (χ3n) is 3.26. The fourth-order valence-corrected chi connectivity index (χ4v) is 4.15. The molecule has 3 atom stereocenters. The number of hydrogen-bond donors (Lipinski definition) is 2. The maximum atomic E-state index is 11.9. The van der Waals surface area contributed by atoms with Gasteiger partial charge >= 0.3 is 5.97 Å². The van der Waals surface area contributed by atoms with Crippen molar-refractivity contribution in [3.8, 4) is 0 Å². The molecule has 1 aromatic rings. The van der Waals surface area contributed by atoms with E-state index >= 15 is 0 Å². The minimum atomic E-state index is -0.945. The van der Waals surface area contributed by atoms with E-state index in [1.54, 1.807) is 0 Å². The minimum Gasteiger partial charge on any atom is -0.480 e. The largest absolute Gasteiger partial charge is 0.480 e. The van der Waals surface area contributed by atoms with Crippen LogP contribution in [0.25, 0.3) is 0 Å². The van der Waals surface area contributed by atoms with Crippen molar-refractivity contribution in [1.82, 2.24) is 10.2 Å². The third-order valence-corrected chi connectivity index (χ3v) is 5.57. The number of nitrogens with zero attached hydrogens (tertiary/aromatic N) is 1. The summed E-state index contributed by atoms with van der Waals surface area (Å²) in [5.74, 6) is -1.37. The molecule has 2 amide bonds. The summed E-state index contributed by atoms with van der Waals surface area (Å²) in [5.41, 5.74) is 0. The smallest absolute Gasteiger partial charge is 0.320 e. The summed E-state index contributed by atoms with van der Waals surface area (Å²) in [7, 11) is 0. The molecule has 0 spiro atoms. The lowest BCUT2D eigenvalue weighted by Gasteiger charge is -2.47. The van der Waals surface area contributed by atoms with Gasteiger partial charge in [-0.05, 0) is 17.5 Å². The summed E-state index contributed by atoms with van der Waals surface area (Å²) in [6, 6.07) is 3.08. The number of carbonyl (C=O) groups excluding carboxylic acids is 2. The first kappa shape index (κ1) is 14.2. The minimum absolute atomic E-state index is 0.202. The molecule has 21 heavy (non-hydrogen) atoms. The Morgan fingerprint density at radius 1 is 1.43 bits per heavy atom. The van der Waals surface area contributed by atoms with Gasteiger partial charge in [0.2, 0.25) is 5.91 Å². The van der Waals surface area contributed by atoms with Gasteiger partial charge in [-0.2, -0.15) is 0 Å². The summed E-state index contributed by atoms with van der Waals surface area (Å²) in [6.07, 6.45) is 3.20. The van der Waals surface area contributed by atoms with Crippen molar-refractivity contribution in [2.24, 2.45) is 0 Å². The number of amides is 2. The molecule has 2 aliphatic heterocycles. The topological polar surface area (TPSA) is 86.7 Å². The lowest BCUT2D eigenvalue weighted by Crippen LogP contribution is -2.69. The zero-order valence-electron chi connectivity index (χ0n) is 10.8. The highest BCUT2D eigenvalue weighted by atomic mass is 32.2. The maximum Gasteiger partial charge on any atom is 0.320 e. The molecule has 2 aliphatic rings. The van der Waals surface area contributed by atoms with E-state index in [1.807, 2.05) is 17.5 Å². The highest BCUT2D eigenvalue weighted by Gasteiger charge is 2.50. The van der Waals surface area contributed by atoms with Crippen LogP contribution in [0, 0.1) is 0 Å². The summed E-state index contributed by atoms with van der Waals surface area (Å²) >= 11 is 2.64. The second-order valence-corrected chi connectivity index (χ2v) is 6.97. The standard InChI is InChI=1S/C13H12N2O4S2/c16-9(6-7-2-1-5-20-7)14-10-11(17)15-4-3-8(13(18)19)21-12(10)15/h1-5,8,10,12H,6H2,(H,14,16)(H,18,19)/t8?,10?,12-/m1/s1. The molecule has 0 saturated carbocycles. The average molecular weight is 324 g/mol. The van der Waals surface area contributed by atoms with Gasteiger partial charge < -0.3 is 15.3 Å². The van der Waals surface area contributed by atoms with Crippen LogP contribution in [0.2, 0.25) is 0 Å². The number of carboxylic acids is 1. The van der Waals surface area contributed by atoms with Gasteiger partial charge in [-0.3, -0.25) is 14.4 Å². The zero-order chi connectivity index (χ0) is 15.0. The van der Waals surface area contributed by atoms with Crippen molar-refractivity contribution < 1.29 is 19.5 Å². The van der Waals surface area contributed by atoms with Crippen LogP contribution in [0.15, 0.2) is 29.8 Å². The summed E-state index contributed by atoms with van der Waals surface area (Å²) < 4.78 is 0. The van der Waals surface area contributed by atoms with Crippen molar-refractivity contribution in [3.05, 3.63) is 34.7 Å². The van der Waals surface area contributed by atoms with E-state index in [9.17, 15) is 14.4 Å². The molecule has 1 aromatic heterocycles. The van der Waals surface area contributed by atoms with Crippen LogP contribution in [0.4, 0.5) is 0 Å². The molecular weight excluding hydrogens is 312 g/mol. The molecular formula is C13H12N2O4S2. The lowest BCUT2D eigenvalue weighted by molar-refractivity contribution is -0.145. The number of thioether (sulfide) groups is 1. The van der Waals surface area contributed by atoms with E-state index in [-0.39, 0.29) is 23.6 Å². The Morgan fingerprint density at radius 2 is 2.24 bits per heavy atom. The number of carbonyl (C=O) groups is 3. The maximum absolute atomic E-state index is 11.9. The van der Waals surface area contributed by atoms with E-state index in [0.717, 1.165) is 16.6 Å². The number of rotatable bonds is 4. The predicted molar refractivity (Wildman–Crippen MR) is 78.7 cm³/mol. The van der Waals surface area contributed by atoms with Crippen LogP contribution in [0.5, 0.6) is 0 Å². The monoisotopic (exact) mass is 324 g/mol. The van der Waals surface area contributed by atoms with Gasteiger partial charge in [0.25, 0.3) is 5.91 Å². The Bertz CT molecular complexity index is 614. The summed E-state index contributed by atoms with van der Waals surface area (Å²) in [5, 5.41) is 12.6. The van der Waals surface area contributed by atoms with Gasteiger partial charge in [0, 0.05) is 11.1 Å². The Labute approximate surface area is 128 Å². The molecule has 0 aliphatic carbocycles. The van der Waals surface area contributed by atoms with Gasteiger partial charge in [0.05, 0.1) is 6.42 Å². The number of carboxylic acid groups (broad SMARTS) is 1. The molecule has 3 rings (SSSR count). The predicted octanol–water partition coefficient (Wildman–Crippen LogP) is 0.657. The van der Waals surface area contributed by atoms with Crippen molar-refractivity contribution in [2.45, 2.75) is 23.1 Å². The van der Waals surface area contributed by atoms with Crippen molar-refractivity contribution >= 4 is 40.9 Å². The Balaban J connectivity index is 1.62. The molecule has 0 bridgehead atoms. The van der Waals surface area contributed by atoms with E-state index in [0.29, 0.717) is 0 Å². The molecule has 0 aromatic carbocycles. The number of thiophene rings is 1. The molecule has 6 nitrogen and oxygen atoms in total. The Hall–Kier alpha value is -1.80. The van der Waals surface area contributed by atoms with Gasteiger partial charge in [-0.1, -0.05) is 6.07 Å². The van der Waals surface area contributed by atoms with E-state index in [2.05, 4.69) is 5.32 Å². The first-order valence-electron chi connectivity index (χ1n) is 6.27. The quantitative estimate of drug-likeness (QED) is 0.795. The number of hydrogen-bond acceptors (Lipinski definition) is 5. The highest BCUT2D eigenvalue weighted by Crippen LogP contribution is 2.37. The second kappa shape index (κ2) is 5.53. The van der Waals surface area contributed by atoms with Crippen LogP contribution in [-0.2, 0) is 20.8 Å². The number of nitrogens with one attached hydrogen (secondary N) is 1. The second-order valence-electron chi connectivity index (χ2n) is 4.67. The van der Waals surface area contributed by atoms with Crippen LogP contribution in [0.3, 0.4) is 0 Å².